The number of carbonyl (C=O) groups is 1. The molecule has 160 valence electrons. The van der Waals surface area contributed by atoms with Crippen molar-refractivity contribution in [2.24, 2.45) is 5.92 Å². The van der Waals surface area contributed by atoms with Gasteiger partial charge in [0.25, 0.3) is 0 Å². The zero-order chi connectivity index (χ0) is 21.8. The van der Waals surface area contributed by atoms with E-state index >= 15 is 0 Å². The normalized spacial score (nSPS) is 16.5. The van der Waals surface area contributed by atoms with E-state index < -0.39 is 0 Å². The van der Waals surface area contributed by atoms with Crippen molar-refractivity contribution in [2.75, 3.05) is 29.9 Å². The molecule has 1 N–H and O–H groups in total. The Bertz CT molecular complexity index is 1040. The van der Waals surface area contributed by atoms with Crippen LogP contribution in [0.1, 0.15) is 13.8 Å². The van der Waals surface area contributed by atoms with Crippen LogP contribution in [-0.4, -0.2) is 46.6 Å². The van der Waals surface area contributed by atoms with Gasteiger partial charge in [-0.25, -0.2) is 19.2 Å². The minimum Gasteiger partial charge on any atom is -0.337 e. The van der Waals surface area contributed by atoms with Crippen LogP contribution in [-0.2, 0) is 0 Å². The number of nitrogens with zero attached hydrogens (tertiary/aromatic N) is 4. The second-order valence-corrected chi connectivity index (χ2v) is 8.00. The number of aromatic nitrogens is 2. The van der Waals surface area contributed by atoms with Crippen molar-refractivity contribution in [3.63, 3.8) is 0 Å². The van der Waals surface area contributed by atoms with Gasteiger partial charge in [-0.3, -0.25) is 0 Å². The Balaban J connectivity index is 1.50. The minimum atomic E-state index is -0.376. The summed E-state index contributed by atoms with van der Waals surface area (Å²) in [5.74, 6) is 0.522. The highest BCUT2D eigenvalue weighted by atomic mass is 19.1. The number of benzene rings is 2. The number of nitrogens with one attached hydrogen (secondary N) is 1. The van der Waals surface area contributed by atoms with Gasteiger partial charge >= 0.3 is 6.03 Å². The molecule has 0 bridgehead atoms. The zero-order valence-electron chi connectivity index (χ0n) is 17.7. The maximum absolute atomic E-state index is 13.5. The van der Waals surface area contributed by atoms with E-state index in [1.54, 1.807) is 18.3 Å². The average molecular weight is 420 g/mol. The van der Waals surface area contributed by atoms with Crippen molar-refractivity contribution in [3.05, 3.63) is 72.7 Å². The molecule has 1 unspecified atom stereocenters. The first-order valence-electron chi connectivity index (χ1n) is 10.5. The fourth-order valence-electron chi connectivity index (χ4n) is 3.85. The lowest BCUT2D eigenvalue weighted by Gasteiger charge is -2.43. The Labute approximate surface area is 181 Å². The summed E-state index contributed by atoms with van der Waals surface area (Å²) in [7, 11) is 0. The molecule has 2 amide bonds. The van der Waals surface area contributed by atoms with Crippen LogP contribution in [0.2, 0.25) is 0 Å². The molecule has 1 aliphatic heterocycles. The topological polar surface area (TPSA) is 61.4 Å². The van der Waals surface area contributed by atoms with Crippen LogP contribution in [0.5, 0.6) is 0 Å². The molecule has 31 heavy (non-hydrogen) atoms. The fourth-order valence-corrected chi connectivity index (χ4v) is 3.85. The summed E-state index contributed by atoms with van der Waals surface area (Å²) < 4.78 is 13.5. The van der Waals surface area contributed by atoms with Crippen LogP contribution in [0.4, 0.5) is 20.8 Å². The molecule has 1 saturated heterocycles. The van der Waals surface area contributed by atoms with Crippen molar-refractivity contribution in [3.8, 4) is 11.3 Å². The Morgan fingerprint density at radius 1 is 1.10 bits per heavy atom. The number of piperazine rings is 1. The summed E-state index contributed by atoms with van der Waals surface area (Å²) in [6.45, 7) is 5.98. The van der Waals surface area contributed by atoms with Crippen LogP contribution in [0.3, 0.4) is 0 Å². The molecule has 7 heteroatoms. The Kier molecular flexibility index (Phi) is 6.11. The van der Waals surface area contributed by atoms with Crippen molar-refractivity contribution in [1.29, 1.82) is 0 Å². The number of hydrogen-bond donors (Lipinski definition) is 1. The molecule has 0 radical (unpaired) electrons. The SMILES string of the molecule is CC(C)C1CN(c2nccc(-c3ccccc3)n2)CCN1C(=O)Nc1cccc(F)c1. The summed E-state index contributed by atoms with van der Waals surface area (Å²) in [4.78, 5) is 26.1. The predicted octanol–water partition coefficient (Wildman–Crippen LogP) is 4.66. The van der Waals surface area contributed by atoms with E-state index in [0.29, 0.717) is 31.3 Å². The molecule has 2 aromatic carbocycles. The average Bonchev–Trinajstić information content (AvgIpc) is 2.79. The third-order valence-electron chi connectivity index (χ3n) is 5.52. The second kappa shape index (κ2) is 9.12. The van der Waals surface area contributed by atoms with Crippen LogP contribution in [0, 0.1) is 11.7 Å². The van der Waals surface area contributed by atoms with Crippen molar-refractivity contribution < 1.29 is 9.18 Å². The third kappa shape index (κ3) is 4.82. The maximum Gasteiger partial charge on any atom is 0.322 e. The fraction of sp³-hybridized carbons (Fsp3) is 0.292. The first-order chi connectivity index (χ1) is 15.0. The number of rotatable bonds is 4. The van der Waals surface area contributed by atoms with Crippen LogP contribution in [0.25, 0.3) is 11.3 Å². The number of hydrogen-bond acceptors (Lipinski definition) is 4. The van der Waals surface area contributed by atoms with Gasteiger partial charge in [0.05, 0.1) is 11.7 Å². The minimum absolute atomic E-state index is 0.0220. The van der Waals surface area contributed by atoms with Crippen molar-refractivity contribution in [2.45, 2.75) is 19.9 Å². The molecule has 1 atom stereocenters. The Morgan fingerprint density at radius 3 is 2.65 bits per heavy atom. The van der Waals surface area contributed by atoms with E-state index in [9.17, 15) is 9.18 Å². The molecular weight excluding hydrogens is 393 g/mol. The molecular formula is C24H26FN5O. The predicted molar refractivity (Wildman–Crippen MR) is 120 cm³/mol. The molecule has 0 saturated carbocycles. The molecule has 1 aliphatic rings. The first-order valence-corrected chi connectivity index (χ1v) is 10.5. The number of carbonyl (C=O) groups excluding carboxylic acids is 1. The molecule has 2 heterocycles. The molecule has 1 fully saturated rings. The molecule has 4 rings (SSSR count). The van der Waals surface area contributed by atoms with E-state index in [1.807, 2.05) is 41.3 Å². The van der Waals surface area contributed by atoms with Crippen LogP contribution in [0.15, 0.2) is 66.9 Å². The van der Waals surface area contributed by atoms with E-state index in [2.05, 4.69) is 29.0 Å². The number of amides is 2. The summed E-state index contributed by atoms with van der Waals surface area (Å²) >= 11 is 0. The van der Waals surface area contributed by atoms with Crippen molar-refractivity contribution >= 4 is 17.7 Å². The first kappa shape index (κ1) is 20.8. The summed E-state index contributed by atoms with van der Waals surface area (Å²) in [5.41, 5.74) is 2.37. The van der Waals surface area contributed by atoms with Gasteiger partial charge in [0.15, 0.2) is 0 Å². The standard InChI is InChI=1S/C24H26FN5O/c1-17(2)22-16-29(23-26-12-11-21(28-23)18-7-4-3-5-8-18)13-14-30(22)24(31)27-20-10-6-9-19(25)15-20/h3-12,15,17,22H,13-14,16H2,1-2H3,(H,27,31). The van der Waals surface area contributed by atoms with Gasteiger partial charge in [-0.1, -0.05) is 50.2 Å². The van der Waals surface area contributed by atoms with Gasteiger partial charge in [-0.2, -0.15) is 0 Å². The summed E-state index contributed by atoms with van der Waals surface area (Å²) in [6, 6.07) is 17.6. The Hall–Kier alpha value is -3.48. The van der Waals surface area contributed by atoms with Gasteiger partial charge in [0.2, 0.25) is 5.95 Å². The molecule has 0 spiro atoms. The highest BCUT2D eigenvalue weighted by molar-refractivity contribution is 5.89. The monoisotopic (exact) mass is 419 g/mol. The highest BCUT2D eigenvalue weighted by Gasteiger charge is 2.33. The molecule has 1 aromatic heterocycles. The molecule has 6 nitrogen and oxygen atoms in total. The quantitative estimate of drug-likeness (QED) is 0.668. The molecule has 3 aromatic rings. The zero-order valence-corrected chi connectivity index (χ0v) is 17.7. The van der Waals surface area contributed by atoms with Gasteiger partial charge in [-0.05, 0) is 30.2 Å². The third-order valence-corrected chi connectivity index (χ3v) is 5.52. The van der Waals surface area contributed by atoms with E-state index in [4.69, 9.17) is 4.98 Å². The van der Waals surface area contributed by atoms with Crippen molar-refractivity contribution in [1.82, 2.24) is 14.9 Å². The largest absolute Gasteiger partial charge is 0.337 e. The summed E-state index contributed by atoms with van der Waals surface area (Å²) in [6.07, 6.45) is 1.78. The van der Waals surface area contributed by atoms with E-state index in [-0.39, 0.29) is 23.8 Å². The Morgan fingerprint density at radius 2 is 1.90 bits per heavy atom. The number of anilines is 2. The van der Waals surface area contributed by atoms with Gasteiger partial charge in [-0.15, -0.1) is 0 Å². The molecule has 0 aliphatic carbocycles. The lowest BCUT2D eigenvalue weighted by Crippen LogP contribution is -2.58. The highest BCUT2D eigenvalue weighted by Crippen LogP contribution is 2.24. The lowest BCUT2D eigenvalue weighted by atomic mass is 10.00. The van der Waals surface area contributed by atoms with E-state index in [0.717, 1.165) is 11.3 Å². The van der Waals surface area contributed by atoms with E-state index in [1.165, 1.54) is 12.1 Å². The van der Waals surface area contributed by atoms with Crippen LogP contribution >= 0.6 is 0 Å². The smallest absolute Gasteiger partial charge is 0.322 e. The second-order valence-electron chi connectivity index (χ2n) is 8.00. The maximum atomic E-state index is 13.5. The number of halogens is 1. The lowest BCUT2D eigenvalue weighted by molar-refractivity contribution is 0.156. The summed E-state index contributed by atoms with van der Waals surface area (Å²) in [5, 5.41) is 2.82. The number of urea groups is 1. The van der Waals surface area contributed by atoms with Gasteiger partial charge in [0.1, 0.15) is 5.82 Å². The van der Waals surface area contributed by atoms with Crippen LogP contribution < -0.4 is 10.2 Å². The van der Waals surface area contributed by atoms with Gasteiger partial charge in [0, 0.05) is 37.1 Å². The van der Waals surface area contributed by atoms with Gasteiger partial charge < -0.3 is 15.1 Å².